The van der Waals surface area contributed by atoms with E-state index in [1.54, 1.807) is 63.1 Å². The molecule has 0 aliphatic rings. The molecule has 2 aromatic heterocycles. The smallest absolute Gasteiger partial charge is 0.224 e. The van der Waals surface area contributed by atoms with Crippen LogP contribution in [0, 0.1) is 35.5 Å². The minimum Gasteiger partial charge on any atom is -0.350 e. The van der Waals surface area contributed by atoms with Crippen molar-refractivity contribution < 1.29 is 52.7 Å². The molecule has 0 fully saturated rings. The van der Waals surface area contributed by atoms with E-state index >= 15 is 19.2 Å². The van der Waals surface area contributed by atoms with Crippen molar-refractivity contribution in [2.75, 3.05) is 25.6 Å². The van der Waals surface area contributed by atoms with Gasteiger partial charge in [-0.05, 0) is 127 Å². The molecule has 0 radical (unpaired) electrons. The highest BCUT2D eigenvalue weighted by Crippen LogP contribution is 2.42. The van der Waals surface area contributed by atoms with Gasteiger partial charge in [0.05, 0.1) is 36.2 Å². The van der Waals surface area contributed by atoms with Gasteiger partial charge in [0, 0.05) is 124 Å². The number of aryl methyl sites for hydroxylation is 1. The zero-order chi connectivity index (χ0) is 88.9. The summed E-state index contributed by atoms with van der Waals surface area (Å²) in [6, 6.07) is 68.7. The number of ketones is 7. The zero-order valence-corrected chi connectivity index (χ0v) is 73.8. The number of Topliss-reactive ketones (excluding diaryl/α,β-unsaturated/α-hetero) is 7. The molecule has 4 amide bonds. The van der Waals surface area contributed by atoms with Crippen molar-refractivity contribution >= 4 is 86.8 Å². The second-order valence-electron chi connectivity index (χ2n) is 33.8. The maximum Gasteiger partial charge on any atom is 0.224 e. The third-order valence-electron chi connectivity index (χ3n) is 23.8. The lowest BCUT2D eigenvalue weighted by atomic mass is 9.76. The number of unbranched alkanes of at least 4 members (excludes halogenated alkanes) is 1. The second kappa shape index (κ2) is 46.2. The summed E-state index contributed by atoms with van der Waals surface area (Å²) in [4.78, 5) is 166. The number of imidazole rings is 1. The Morgan fingerprint density at radius 2 is 1.02 bits per heavy atom. The Balaban J connectivity index is 0.888. The van der Waals surface area contributed by atoms with Crippen LogP contribution in [-0.4, -0.2) is 128 Å². The van der Waals surface area contributed by atoms with Gasteiger partial charge in [-0.1, -0.05) is 265 Å². The van der Waals surface area contributed by atoms with Crippen LogP contribution in [0.2, 0.25) is 0 Å². The topological polar surface area (TPSA) is 297 Å². The molecule has 0 unspecified atom stereocenters. The highest BCUT2D eigenvalue weighted by Gasteiger charge is 2.42. The van der Waals surface area contributed by atoms with Crippen molar-refractivity contribution in [3.63, 3.8) is 0 Å². The van der Waals surface area contributed by atoms with Crippen molar-refractivity contribution in [2.45, 2.75) is 180 Å². The molecule has 8 aromatic carbocycles. The number of fused-ring (bicyclic) bond motifs is 1. The minimum absolute atomic E-state index is 0.000960. The molecule has 2 heterocycles. The van der Waals surface area contributed by atoms with Gasteiger partial charge in [0.1, 0.15) is 22.6 Å². The van der Waals surface area contributed by atoms with E-state index in [4.69, 9.17) is 10.7 Å². The molecule has 10 aromatic rings. The number of nitrogens with zero attached hydrogens (tertiary/aromatic N) is 3. The van der Waals surface area contributed by atoms with Crippen LogP contribution in [0.3, 0.4) is 0 Å². The normalized spacial score (nSPS) is 13.6. The summed E-state index contributed by atoms with van der Waals surface area (Å²) >= 11 is 1.59. The van der Waals surface area contributed by atoms with Crippen molar-refractivity contribution in [1.29, 1.82) is 0 Å². The number of nitrogens with two attached hydrogens (primary N) is 1. The van der Waals surface area contributed by atoms with Crippen molar-refractivity contribution in [3.8, 4) is 0 Å². The SMILES string of the molecule is CNCCCC[C@H](N)C(=O)Cc1ccc(C(=O)C[C@@H](CCC(=O)NC(c2ccccc2)(c2ccccc2)c2ccccc2)C(=O)N[C@@H](Cc2cn(C)c3ccccc23)C(=O)C[C@@H](C)C(=O)N[C@H](C(=O)CCC(=O)N[C@@H](Cc2cn(C(c3ccccc3)(c3ccccc3)c3ccccc3)cn2)C(=O)C[C@@H](CC(C)C)C(=O)C[C@@H](CCSC)C(C)=O)C(C)C)cc1. The molecule has 0 aliphatic heterocycles. The van der Waals surface area contributed by atoms with E-state index in [1.165, 1.54) is 6.92 Å². The van der Waals surface area contributed by atoms with Crippen LogP contribution in [0.15, 0.2) is 249 Å². The third kappa shape index (κ3) is 25.1. The minimum atomic E-state index is -1.29. The van der Waals surface area contributed by atoms with E-state index in [0.717, 1.165) is 63.7 Å². The molecular formula is C103H121N9O11S. The molecule has 0 saturated heterocycles. The molecule has 0 bridgehead atoms. The Morgan fingerprint density at radius 3 is 1.55 bits per heavy atom. The number of carbonyl (C=O) groups excluding carboxylic acids is 11. The lowest BCUT2D eigenvalue weighted by Gasteiger charge is -2.37. The number of hydrogen-bond donors (Lipinski definition) is 6. The highest BCUT2D eigenvalue weighted by atomic mass is 32.2. The Morgan fingerprint density at radius 1 is 0.492 bits per heavy atom. The molecule has 0 saturated carbocycles. The van der Waals surface area contributed by atoms with Crippen molar-refractivity contribution in [3.05, 3.63) is 305 Å². The first-order valence-corrected chi connectivity index (χ1v) is 44.9. The largest absolute Gasteiger partial charge is 0.350 e. The fraction of sp³-hybridized carbons (Fsp3) is 0.379. The van der Waals surface area contributed by atoms with Crippen LogP contribution in [0.1, 0.15) is 186 Å². The first-order chi connectivity index (χ1) is 59.7. The van der Waals surface area contributed by atoms with Crippen molar-refractivity contribution in [2.24, 2.45) is 48.3 Å². The maximum atomic E-state index is 15.5. The molecule has 10 rings (SSSR count). The molecule has 7 N–H and O–H groups in total. The molecule has 21 heteroatoms. The number of thioether (sulfide) groups is 1. The summed E-state index contributed by atoms with van der Waals surface area (Å²) in [6.07, 6.45) is 8.25. The van der Waals surface area contributed by atoms with Gasteiger partial charge >= 0.3 is 0 Å². The summed E-state index contributed by atoms with van der Waals surface area (Å²) in [7, 11) is 3.74. The van der Waals surface area contributed by atoms with Gasteiger partial charge in [0.2, 0.25) is 23.6 Å². The number of nitrogens with one attached hydrogen (secondary N) is 5. The van der Waals surface area contributed by atoms with E-state index in [9.17, 15) is 33.6 Å². The number of hydrogen-bond acceptors (Lipinski definition) is 15. The first-order valence-electron chi connectivity index (χ1n) is 43.5. The van der Waals surface area contributed by atoms with Crippen LogP contribution in [-0.2, 0) is 85.3 Å². The summed E-state index contributed by atoms with van der Waals surface area (Å²) in [6.45, 7) is 11.3. The summed E-state index contributed by atoms with van der Waals surface area (Å²) in [5.74, 6) is -8.07. The average Bonchev–Trinajstić information content (AvgIpc) is 1.35. The molecular weight excluding hydrogens is 1570 g/mol. The van der Waals surface area contributed by atoms with Gasteiger partial charge in [-0.15, -0.1) is 0 Å². The van der Waals surface area contributed by atoms with Crippen LogP contribution < -0.4 is 32.3 Å². The van der Waals surface area contributed by atoms with E-state index < -0.39 is 124 Å². The monoisotopic (exact) mass is 1690 g/mol. The molecule has 8 atom stereocenters. The van der Waals surface area contributed by atoms with Crippen LogP contribution >= 0.6 is 11.8 Å². The van der Waals surface area contributed by atoms with Gasteiger partial charge in [-0.25, -0.2) is 4.98 Å². The van der Waals surface area contributed by atoms with Crippen LogP contribution in [0.4, 0.5) is 0 Å². The van der Waals surface area contributed by atoms with E-state index in [-0.39, 0.29) is 86.6 Å². The molecule has 20 nitrogen and oxygen atoms in total. The fourth-order valence-corrected chi connectivity index (χ4v) is 17.5. The Kier molecular flexibility index (Phi) is 35.2. The predicted molar refractivity (Wildman–Crippen MR) is 490 cm³/mol. The fourth-order valence-electron chi connectivity index (χ4n) is 16.9. The Hall–Kier alpha value is -11.7. The molecule has 124 heavy (non-hydrogen) atoms. The van der Waals surface area contributed by atoms with Crippen LogP contribution in [0.25, 0.3) is 10.9 Å². The number of rotatable bonds is 51. The van der Waals surface area contributed by atoms with Gasteiger partial charge in [0.15, 0.2) is 28.9 Å². The standard InChI is InChI=1S/C103H121N9O11S/c1-69(2)58-77(93(116)62-75(72(6)113)55-57-124-9)64-96(119)89(65-85-67-112(68-106-85)103(82-38-22-13-23-39-82,83-40-24-14-25-41-83)84-42-26-15-27-43-84)107-97(120)54-52-91(114)99(70(3)4)109-100(122)71(5)59-95(118)88(61-78-66-111(8)90-46-29-28-44-86(78)90)108-101(123)76(63-92(115)74-49-47-73(48-50-74)60-94(117)87(104)45-30-31-56-105-7)51-53-98(121)110-102(79-32-16-10-17-33-79,80-34-18-11-19-35-80)81-36-20-12-21-37-81/h10-29,32-44,46-50,66-71,75-77,87-89,99,105H,30-31,45,51-65,104H2,1-9H3,(H,107,120)(H,108,123)(H,109,122)(H,110,121)/t71-,75-,76-,77-,87+,88+,89+,99+/m1/s1. The lowest BCUT2D eigenvalue weighted by Crippen LogP contribution is -2.49. The molecule has 0 spiro atoms. The Labute approximate surface area is 734 Å². The quantitative estimate of drug-likeness (QED) is 0.0117. The maximum absolute atomic E-state index is 15.5. The average molecular weight is 1690 g/mol. The van der Waals surface area contributed by atoms with Gasteiger partial charge in [-0.3, -0.25) is 52.7 Å². The number of aromatic nitrogens is 3. The number of amides is 4. The third-order valence-corrected chi connectivity index (χ3v) is 24.4. The van der Waals surface area contributed by atoms with Gasteiger partial charge in [-0.2, -0.15) is 11.8 Å². The second-order valence-corrected chi connectivity index (χ2v) is 34.8. The predicted octanol–water partition coefficient (Wildman–Crippen LogP) is 15.2. The summed E-state index contributed by atoms with van der Waals surface area (Å²) < 4.78 is 3.93. The van der Waals surface area contributed by atoms with E-state index in [1.807, 2.05) is 226 Å². The van der Waals surface area contributed by atoms with Gasteiger partial charge in [0.25, 0.3) is 0 Å². The summed E-state index contributed by atoms with van der Waals surface area (Å²) in [5.41, 5.74) is 12.2. The van der Waals surface area contributed by atoms with Crippen molar-refractivity contribution in [1.82, 2.24) is 40.7 Å². The van der Waals surface area contributed by atoms with E-state index in [2.05, 4.69) is 63.0 Å². The number of carbonyl (C=O) groups is 11. The Bertz CT molecular complexity index is 5020. The van der Waals surface area contributed by atoms with Gasteiger partial charge < -0.3 is 41.5 Å². The lowest BCUT2D eigenvalue weighted by molar-refractivity contribution is -0.134. The zero-order valence-electron chi connectivity index (χ0n) is 73.0. The first kappa shape index (κ1) is 94.6. The van der Waals surface area contributed by atoms with E-state index in [0.29, 0.717) is 41.8 Å². The number of para-hydroxylation sites is 1. The van der Waals surface area contributed by atoms with Crippen LogP contribution in [0.5, 0.6) is 0 Å². The molecule has 650 valence electrons. The highest BCUT2D eigenvalue weighted by molar-refractivity contribution is 7.98. The summed E-state index contributed by atoms with van der Waals surface area (Å²) in [5, 5.41) is 16.2. The number of benzene rings is 8. The molecule has 0 aliphatic carbocycles.